The van der Waals surface area contributed by atoms with Crippen molar-refractivity contribution in [3.05, 3.63) is 24.3 Å². The third kappa shape index (κ3) is 8.45. The van der Waals surface area contributed by atoms with E-state index in [2.05, 4.69) is 6.92 Å². The molecule has 0 radical (unpaired) electrons. The van der Waals surface area contributed by atoms with Gasteiger partial charge in [0.1, 0.15) is 5.78 Å². The van der Waals surface area contributed by atoms with E-state index in [0.29, 0.717) is 25.7 Å². The number of ketones is 1. The van der Waals surface area contributed by atoms with Gasteiger partial charge >= 0.3 is 0 Å². The third-order valence-electron chi connectivity index (χ3n) is 4.70. The molecule has 5 heteroatoms. The van der Waals surface area contributed by atoms with Gasteiger partial charge in [0.25, 0.3) is 0 Å². The highest BCUT2D eigenvalue weighted by Crippen LogP contribution is 2.33. The second-order valence-corrected chi connectivity index (χ2v) is 6.84. The Morgan fingerprint density at radius 1 is 1.32 bits per heavy atom. The molecule has 1 unspecified atom stereocenters. The molecule has 0 aliphatic heterocycles. The SMILES string of the molecule is CCCCC[C@H](O)/C=C/C1[C@H](O)CC(=O)[C@@H]1C/C=C\CCCC(=O)[O-]. The van der Waals surface area contributed by atoms with Crippen molar-refractivity contribution in [1.29, 1.82) is 0 Å². The standard InChI is InChI=1S/C20H32O5/c1-2-3-6-9-15(21)12-13-17-16(18(22)14-19(17)23)10-7-4-5-8-11-20(24)25/h4,7,12-13,15-17,19,21,23H,2-3,5-6,8-11,14H2,1H3,(H,24,25)/p-1/b7-4-,13-12+/t15-,16+,17?,19+/m0/s1. The topological polar surface area (TPSA) is 97.7 Å². The van der Waals surface area contributed by atoms with E-state index in [0.717, 1.165) is 19.3 Å². The zero-order valence-electron chi connectivity index (χ0n) is 15.1. The molecule has 2 N–H and O–H groups in total. The number of carbonyl (C=O) groups excluding carboxylic acids is 2. The first kappa shape index (κ1) is 21.6. The Balaban J connectivity index is 2.48. The number of unbranched alkanes of at least 4 members (excludes halogenated alkanes) is 3. The fourth-order valence-electron chi connectivity index (χ4n) is 3.21. The van der Waals surface area contributed by atoms with Crippen molar-refractivity contribution < 1.29 is 24.9 Å². The number of hydrogen-bond donors (Lipinski definition) is 2. The Kier molecular flexibility index (Phi) is 10.3. The smallest absolute Gasteiger partial charge is 0.139 e. The first-order valence-electron chi connectivity index (χ1n) is 9.37. The molecule has 4 atom stereocenters. The van der Waals surface area contributed by atoms with Crippen LogP contribution in [0.5, 0.6) is 0 Å². The lowest BCUT2D eigenvalue weighted by Crippen LogP contribution is -2.21. The zero-order valence-corrected chi connectivity index (χ0v) is 15.1. The van der Waals surface area contributed by atoms with E-state index in [1.807, 2.05) is 12.2 Å². The summed E-state index contributed by atoms with van der Waals surface area (Å²) < 4.78 is 0. The molecule has 142 valence electrons. The van der Waals surface area contributed by atoms with Crippen LogP contribution in [-0.4, -0.2) is 34.2 Å². The molecule has 0 heterocycles. The molecule has 25 heavy (non-hydrogen) atoms. The highest BCUT2D eigenvalue weighted by atomic mass is 16.4. The molecular weight excluding hydrogens is 320 g/mol. The number of carbonyl (C=O) groups is 2. The molecular formula is C20H31O5-. The van der Waals surface area contributed by atoms with Crippen molar-refractivity contribution in [2.75, 3.05) is 0 Å². The zero-order chi connectivity index (χ0) is 18.7. The van der Waals surface area contributed by atoms with Crippen LogP contribution < -0.4 is 5.11 Å². The second kappa shape index (κ2) is 12.0. The number of aliphatic hydroxyl groups is 2. The summed E-state index contributed by atoms with van der Waals surface area (Å²) >= 11 is 0. The molecule has 0 bridgehead atoms. The fraction of sp³-hybridized carbons (Fsp3) is 0.700. The van der Waals surface area contributed by atoms with Crippen LogP contribution in [0.4, 0.5) is 0 Å². The lowest BCUT2D eigenvalue weighted by Gasteiger charge is -2.16. The Hall–Kier alpha value is -1.46. The van der Waals surface area contributed by atoms with Crippen molar-refractivity contribution >= 4 is 11.8 Å². The molecule has 1 aliphatic carbocycles. The van der Waals surface area contributed by atoms with E-state index >= 15 is 0 Å². The number of carboxylic acids is 1. The molecule has 0 aromatic carbocycles. The first-order chi connectivity index (χ1) is 12.0. The second-order valence-electron chi connectivity index (χ2n) is 6.84. The van der Waals surface area contributed by atoms with Gasteiger partial charge < -0.3 is 20.1 Å². The van der Waals surface area contributed by atoms with Crippen LogP contribution in [0.1, 0.15) is 64.7 Å². The number of rotatable bonds is 12. The van der Waals surface area contributed by atoms with Crippen molar-refractivity contribution in [1.82, 2.24) is 0 Å². The summed E-state index contributed by atoms with van der Waals surface area (Å²) in [6.07, 6.45) is 11.8. The van der Waals surface area contributed by atoms with Crippen LogP contribution in [0.2, 0.25) is 0 Å². The maximum Gasteiger partial charge on any atom is 0.139 e. The van der Waals surface area contributed by atoms with Crippen molar-refractivity contribution in [2.45, 2.75) is 76.9 Å². The van der Waals surface area contributed by atoms with Crippen LogP contribution >= 0.6 is 0 Å². The summed E-state index contributed by atoms with van der Waals surface area (Å²) in [5.41, 5.74) is 0. The van der Waals surface area contributed by atoms with Gasteiger partial charge in [0.2, 0.25) is 0 Å². The molecule has 0 saturated heterocycles. The summed E-state index contributed by atoms with van der Waals surface area (Å²) in [7, 11) is 0. The van der Waals surface area contributed by atoms with Gasteiger partial charge in [0.15, 0.2) is 0 Å². The molecule has 1 saturated carbocycles. The van der Waals surface area contributed by atoms with E-state index in [1.54, 1.807) is 12.2 Å². The van der Waals surface area contributed by atoms with E-state index in [-0.39, 0.29) is 30.5 Å². The van der Waals surface area contributed by atoms with E-state index in [9.17, 15) is 24.9 Å². The quantitative estimate of drug-likeness (QED) is 0.413. The van der Waals surface area contributed by atoms with Gasteiger partial charge in [-0.15, -0.1) is 0 Å². The maximum absolute atomic E-state index is 12.1. The molecule has 1 aliphatic rings. The summed E-state index contributed by atoms with van der Waals surface area (Å²) in [5, 5.41) is 30.4. The fourth-order valence-corrected chi connectivity index (χ4v) is 3.21. The molecule has 5 nitrogen and oxygen atoms in total. The monoisotopic (exact) mass is 351 g/mol. The number of hydrogen-bond acceptors (Lipinski definition) is 5. The van der Waals surface area contributed by atoms with Gasteiger partial charge in [-0.25, -0.2) is 0 Å². The van der Waals surface area contributed by atoms with E-state index in [1.165, 1.54) is 0 Å². The van der Waals surface area contributed by atoms with Gasteiger partial charge in [-0.3, -0.25) is 4.79 Å². The minimum absolute atomic E-state index is 0.0344. The molecule has 1 rings (SSSR count). The van der Waals surface area contributed by atoms with Crippen LogP contribution in [0.25, 0.3) is 0 Å². The summed E-state index contributed by atoms with van der Waals surface area (Å²) in [6.45, 7) is 2.11. The van der Waals surface area contributed by atoms with E-state index < -0.39 is 18.2 Å². The Morgan fingerprint density at radius 3 is 2.76 bits per heavy atom. The van der Waals surface area contributed by atoms with Gasteiger partial charge in [-0.05, 0) is 32.1 Å². The number of aliphatic hydroxyl groups excluding tert-OH is 2. The first-order valence-corrected chi connectivity index (χ1v) is 9.37. The lowest BCUT2D eigenvalue weighted by molar-refractivity contribution is -0.305. The molecule has 0 spiro atoms. The van der Waals surface area contributed by atoms with Gasteiger partial charge in [0.05, 0.1) is 12.2 Å². The van der Waals surface area contributed by atoms with Crippen molar-refractivity contribution in [2.24, 2.45) is 11.8 Å². The number of aliphatic carboxylic acids is 1. The number of allylic oxidation sites excluding steroid dienone is 2. The highest BCUT2D eigenvalue weighted by Gasteiger charge is 2.39. The van der Waals surface area contributed by atoms with Gasteiger partial charge in [-0.2, -0.15) is 0 Å². The Morgan fingerprint density at radius 2 is 2.08 bits per heavy atom. The minimum atomic E-state index is -1.05. The van der Waals surface area contributed by atoms with Gasteiger partial charge in [-0.1, -0.05) is 50.5 Å². The normalized spacial score (nSPS) is 25.2. The van der Waals surface area contributed by atoms with Crippen molar-refractivity contribution in [3.63, 3.8) is 0 Å². The molecule has 1 fully saturated rings. The summed E-state index contributed by atoms with van der Waals surface area (Å²) in [5.74, 6) is -1.54. The van der Waals surface area contributed by atoms with Crippen molar-refractivity contribution in [3.8, 4) is 0 Å². The average Bonchev–Trinajstić information content (AvgIpc) is 2.82. The van der Waals surface area contributed by atoms with Gasteiger partial charge in [0, 0.05) is 24.2 Å². The van der Waals surface area contributed by atoms with Crippen LogP contribution in [0.3, 0.4) is 0 Å². The van der Waals surface area contributed by atoms with Crippen LogP contribution in [-0.2, 0) is 9.59 Å². The third-order valence-corrected chi connectivity index (χ3v) is 4.70. The number of Topliss-reactive ketones (excluding diaryl/α,β-unsaturated/α-hetero) is 1. The Labute approximate surface area is 150 Å². The molecule has 0 aromatic rings. The maximum atomic E-state index is 12.1. The molecule has 0 amide bonds. The van der Waals surface area contributed by atoms with E-state index in [4.69, 9.17) is 0 Å². The number of carboxylic acid groups (broad SMARTS) is 1. The minimum Gasteiger partial charge on any atom is -0.550 e. The predicted molar refractivity (Wildman–Crippen MR) is 94.5 cm³/mol. The average molecular weight is 351 g/mol. The summed E-state index contributed by atoms with van der Waals surface area (Å²) in [6, 6.07) is 0. The molecule has 0 aromatic heterocycles. The van der Waals surface area contributed by atoms with Crippen LogP contribution in [0, 0.1) is 11.8 Å². The highest BCUT2D eigenvalue weighted by molar-refractivity contribution is 5.84. The lowest BCUT2D eigenvalue weighted by atomic mass is 9.90. The predicted octanol–water partition coefficient (Wildman–Crippen LogP) is 1.92. The Bertz CT molecular complexity index is 469. The summed E-state index contributed by atoms with van der Waals surface area (Å²) in [4.78, 5) is 22.4. The van der Waals surface area contributed by atoms with Crippen LogP contribution in [0.15, 0.2) is 24.3 Å². The largest absolute Gasteiger partial charge is 0.550 e.